The summed E-state index contributed by atoms with van der Waals surface area (Å²) in [5, 5.41) is 5.60. The van der Waals surface area contributed by atoms with Crippen LogP contribution in [0.15, 0.2) is 48.5 Å². The molecular weight excluding hydrogens is 328 g/mol. The number of carbonyl (C=O) groups is 2. The topological polar surface area (TPSA) is 74.3 Å². The Morgan fingerprint density at radius 3 is 2.50 bits per heavy atom. The van der Waals surface area contributed by atoms with Crippen molar-refractivity contribution in [3.63, 3.8) is 0 Å². The second-order valence-electron chi connectivity index (χ2n) is 6.14. The number of rotatable bonds is 8. The minimum Gasteiger partial charge on any atom is -0.354 e. The van der Waals surface area contributed by atoms with Crippen LogP contribution in [0.2, 0.25) is 0 Å². The Morgan fingerprint density at radius 2 is 1.85 bits per heavy atom. The third kappa shape index (κ3) is 5.67. The van der Waals surface area contributed by atoms with Gasteiger partial charge in [0.05, 0.1) is 0 Å². The third-order valence-electron chi connectivity index (χ3n) is 4.11. The second kappa shape index (κ2) is 9.68. The summed E-state index contributed by atoms with van der Waals surface area (Å²) < 4.78 is 0. The van der Waals surface area contributed by atoms with Gasteiger partial charge in [0.15, 0.2) is 0 Å². The Morgan fingerprint density at radius 1 is 1.12 bits per heavy atom. The maximum Gasteiger partial charge on any atom is 0.241 e. The molecule has 2 amide bonds. The molecule has 26 heavy (non-hydrogen) atoms. The van der Waals surface area contributed by atoms with Crippen molar-refractivity contribution in [3.8, 4) is 0 Å². The van der Waals surface area contributed by atoms with Gasteiger partial charge in [-0.1, -0.05) is 43.3 Å². The molecule has 0 spiro atoms. The molecule has 6 nitrogen and oxygen atoms in total. The summed E-state index contributed by atoms with van der Waals surface area (Å²) in [5.41, 5.74) is 1.77. The van der Waals surface area contributed by atoms with Gasteiger partial charge in [-0.2, -0.15) is 0 Å². The van der Waals surface area contributed by atoms with Crippen LogP contribution in [0.5, 0.6) is 0 Å². The molecule has 0 bridgehead atoms. The van der Waals surface area contributed by atoms with Gasteiger partial charge < -0.3 is 10.6 Å². The van der Waals surface area contributed by atoms with Gasteiger partial charge in [0.25, 0.3) is 0 Å². The zero-order valence-electron chi connectivity index (χ0n) is 15.5. The molecule has 2 N–H and O–H groups in total. The Hall–Kier alpha value is -2.73. The lowest BCUT2D eigenvalue weighted by Gasteiger charge is -2.26. The van der Waals surface area contributed by atoms with Crippen LogP contribution in [0, 0.1) is 6.92 Å². The fourth-order valence-corrected chi connectivity index (χ4v) is 2.64. The number of carbonyl (C=O) groups excluding carboxylic acids is 2. The van der Waals surface area contributed by atoms with Crippen LogP contribution in [-0.4, -0.2) is 41.8 Å². The highest BCUT2D eigenvalue weighted by Gasteiger charge is 2.23. The van der Waals surface area contributed by atoms with E-state index in [-0.39, 0.29) is 30.8 Å². The summed E-state index contributed by atoms with van der Waals surface area (Å²) in [4.78, 5) is 30.9. The smallest absolute Gasteiger partial charge is 0.241 e. The molecule has 0 fully saturated rings. The van der Waals surface area contributed by atoms with Crippen LogP contribution in [0.4, 0.5) is 5.82 Å². The van der Waals surface area contributed by atoms with E-state index >= 15 is 0 Å². The van der Waals surface area contributed by atoms with Gasteiger partial charge in [0, 0.05) is 18.7 Å². The van der Waals surface area contributed by atoms with Gasteiger partial charge in [-0.25, -0.2) is 4.98 Å². The summed E-state index contributed by atoms with van der Waals surface area (Å²) in [6, 6.07) is 14.7. The first kappa shape index (κ1) is 19.6. The van der Waals surface area contributed by atoms with E-state index < -0.39 is 0 Å². The third-order valence-corrected chi connectivity index (χ3v) is 4.11. The molecule has 1 aromatic carbocycles. The van der Waals surface area contributed by atoms with Crippen molar-refractivity contribution in [3.05, 3.63) is 59.8 Å². The van der Waals surface area contributed by atoms with Crippen LogP contribution in [0.1, 0.15) is 30.6 Å². The number of nitrogens with one attached hydrogen (secondary N) is 2. The number of amides is 2. The van der Waals surface area contributed by atoms with Crippen LogP contribution >= 0.6 is 0 Å². The lowest BCUT2D eigenvalue weighted by atomic mass is 10.0. The first-order valence-electron chi connectivity index (χ1n) is 8.77. The van der Waals surface area contributed by atoms with E-state index in [1.54, 1.807) is 6.07 Å². The molecular formula is C20H26N4O2. The van der Waals surface area contributed by atoms with E-state index in [1.807, 2.05) is 68.3 Å². The van der Waals surface area contributed by atoms with Gasteiger partial charge in [-0.3, -0.25) is 14.5 Å². The predicted molar refractivity (Wildman–Crippen MR) is 103 cm³/mol. The molecule has 0 unspecified atom stereocenters. The number of pyridine rings is 1. The van der Waals surface area contributed by atoms with Crippen LogP contribution in [0.3, 0.4) is 0 Å². The van der Waals surface area contributed by atoms with E-state index in [9.17, 15) is 9.59 Å². The van der Waals surface area contributed by atoms with Gasteiger partial charge in [0.2, 0.25) is 11.8 Å². The number of hydrogen-bond acceptors (Lipinski definition) is 4. The van der Waals surface area contributed by atoms with E-state index in [0.29, 0.717) is 5.82 Å². The highest BCUT2D eigenvalue weighted by atomic mass is 16.2. The van der Waals surface area contributed by atoms with Crippen molar-refractivity contribution in [2.45, 2.75) is 26.3 Å². The molecule has 1 atom stereocenters. The standard InChI is InChI=1S/C20H26N4O2/c1-4-24(3)19(16-10-6-5-7-11-16)20(26)21-14-13-18(25)23-17-12-8-9-15(2)22-17/h5-12,19H,4,13-14H2,1-3H3,(H,21,26)(H,22,23,25)/t19-/m0/s1. The molecule has 1 heterocycles. The fraction of sp³-hybridized carbons (Fsp3) is 0.350. The number of hydrogen-bond donors (Lipinski definition) is 2. The number of likely N-dealkylation sites (N-methyl/N-ethyl adjacent to an activating group) is 1. The number of anilines is 1. The molecule has 0 saturated heterocycles. The van der Waals surface area contributed by atoms with E-state index in [4.69, 9.17) is 0 Å². The fourth-order valence-electron chi connectivity index (χ4n) is 2.64. The van der Waals surface area contributed by atoms with Crippen LogP contribution in [0.25, 0.3) is 0 Å². The number of aromatic nitrogens is 1. The molecule has 0 aliphatic heterocycles. The van der Waals surface area contributed by atoms with Gasteiger partial charge in [-0.05, 0) is 38.2 Å². The van der Waals surface area contributed by atoms with Crippen LogP contribution in [-0.2, 0) is 9.59 Å². The van der Waals surface area contributed by atoms with Crippen molar-refractivity contribution in [2.24, 2.45) is 0 Å². The molecule has 0 aliphatic carbocycles. The quantitative estimate of drug-likeness (QED) is 0.764. The number of nitrogens with zero attached hydrogens (tertiary/aromatic N) is 2. The largest absolute Gasteiger partial charge is 0.354 e. The minimum atomic E-state index is -0.372. The first-order chi connectivity index (χ1) is 12.5. The van der Waals surface area contributed by atoms with Gasteiger partial charge in [0.1, 0.15) is 11.9 Å². The lowest BCUT2D eigenvalue weighted by molar-refractivity contribution is -0.126. The summed E-state index contributed by atoms with van der Waals surface area (Å²) >= 11 is 0. The Kier molecular flexibility index (Phi) is 7.29. The Bertz CT molecular complexity index is 734. The molecule has 1 aromatic heterocycles. The zero-order valence-corrected chi connectivity index (χ0v) is 15.5. The summed E-state index contributed by atoms with van der Waals surface area (Å²) in [6.07, 6.45) is 0.193. The zero-order chi connectivity index (χ0) is 18.9. The molecule has 2 aromatic rings. The molecule has 0 radical (unpaired) electrons. The average Bonchev–Trinajstić information content (AvgIpc) is 2.62. The molecule has 6 heteroatoms. The summed E-state index contributed by atoms with van der Waals surface area (Å²) in [7, 11) is 1.91. The van der Waals surface area contributed by atoms with Crippen molar-refractivity contribution < 1.29 is 9.59 Å². The molecule has 138 valence electrons. The van der Waals surface area contributed by atoms with Crippen LogP contribution < -0.4 is 10.6 Å². The Balaban J connectivity index is 1.88. The van der Waals surface area contributed by atoms with Gasteiger partial charge >= 0.3 is 0 Å². The van der Waals surface area contributed by atoms with Crippen molar-refractivity contribution in [2.75, 3.05) is 25.5 Å². The summed E-state index contributed by atoms with van der Waals surface area (Å²) in [6.45, 7) is 4.89. The normalized spacial score (nSPS) is 11.8. The monoisotopic (exact) mass is 354 g/mol. The summed E-state index contributed by atoms with van der Waals surface area (Å²) in [5.74, 6) is 0.236. The van der Waals surface area contributed by atoms with E-state index in [2.05, 4.69) is 15.6 Å². The predicted octanol–water partition coefficient (Wildman–Crippen LogP) is 2.53. The van der Waals surface area contributed by atoms with E-state index in [0.717, 1.165) is 17.8 Å². The molecule has 2 rings (SSSR count). The maximum atomic E-state index is 12.6. The molecule has 0 aliphatic rings. The highest BCUT2D eigenvalue weighted by Crippen LogP contribution is 2.19. The highest BCUT2D eigenvalue weighted by molar-refractivity contribution is 5.90. The minimum absolute atomic E-state index is 0.109. The Labute approximate surface area is 154 Å². The average molecular weight is 354 g/mol. The second-order valence-corrected chi connectivity index (χ2v) is 6.14. The lowest BCUT2D eigenvalue weighted by Crippen LogP contribution is -2.39. The first-order valence-corrected chi connectivity index (χ1v) is 8.77. The van der Waals surface area contributed by atoms with Crippen molar-refractivity contribution in [1.82, 2.24) is 15.2 Å². The van der Waals surface area contributed by atoms with Crippen molar-refractivity contribution in [1.29, 1.82) is 0 Å². The molecule has 0 saturated carbocycles. The van der Waals surface area contributed by atoms with Gasteiger partial charge in [-0.15, -0.1) is 0 Å². The maximum absolute atomic E-state index is 12.6. The SMILES string of the molecule is CCN(C)[C@H](C(=O)NCCC(=O)Nc1cccc(C)n1)c1ccccc1. The van der Waals surface area contributed by atoms with Crippen molar-refractivity contribution >= 4 is 17.6 Å². The van der Waals surface area contributed by atoms with E-state index in [1.165, 1.54) is 0 Å². The number of aryl methyl sites for hydroxylation is 1. The number of benzene rings is 1.